The second-order valence-electron chi connectivity index (χ2n) is 5.52. The largest absolute Gasteiger partial charge is 0.332 e. The molecule has 1 aromatic heterocycles. The second kappa shape index (κ2) is 4.60. The Bertz CT molecular complexity index is 554. The lowest BCUT2D eigenvalue weighted by molar-refractivity contribution is 0.392. The van der Waals surface area contributed by atoms with Gasteiger partial charge in [0.05, 0.1) is 0 Å². The van der Waals surface area contributed by atoms with Gasteiger partial charge in [0.25, 0.3) is 0 Å². The Morgan fingerprint density at radius 1 is 1.33 bits per heavy atom. The molecule has 0 amide bonds. The third kappa shape index (κ3) is 2.07. The summed E-state index contributed by atoms with van der Waals surface area (Å²) >= 11 is 0. The number of imidazole rings is 1. The molecule has 2 nitrogen and oxygen atoms in total. The van der Waals surface area contributed by atoms with Crippen LogP contribution in [0.15, 0.2) is 30.5 Å². The average Bonchev–Trinajstić information content (AvgIpc) is 2.75. The van der Waals surface area contributed by atoms with Crippen LogP contribution in [0.25, 0.3) is 0 Å². The van der Waals surface area contributed by atoms with E-state index in [1.165, 1.54) is 35.5 Å². The summed E-state index contributed by atoms with van der Waals surface area (Å²) in [6.45, 7) is 5.65. The van der Waals surface area contributed by atoms with Crippen molar-refractivity contribution in [2.24, 2.45) is 5.92 Å². The molecule has 1 aliphatic rings. The van der Waals surface area contributed by atoms with Crippen LogP contribution in [0.3, 0.4) is 0 Å². The van der Waals surface area contributed by atoms with Crippen molar-refractivity contribution in [1.82, 2.24) is 9.55 Å². The monoisotopic (exact) mass is 240 g/mol. The van der Waals surface area contributed by atoms with E-state index < -0.39 is 0 Å². The first-order chi connectivity index (χ1) is 8.74. The maximum atomic E-state index is 4.63. The Morgan fingerprint density at radius 2 is 2.17 bits per heavy atom. The smallest absolute Gasteiger partial charge is 0.113 e. The molecule has 18 heavy (non-hydrogen) atoms. The minimum atomic E-state index is 0.780. The highest BCUT2D eigenvalue weighted by Crippen LogP contribution is 2.23. The summed E-state index contributed by atoms with van der Waals surface area (Å²) in [5.74, 6) is 2.01. The normalized spacial score (nSPS) is 18.7. The Morgan fingerprint density at radius 3 is 3.00 bits per heavy atom. The zero-order valence-corrected chi connectivity index (χ0v) is 11.2. The number of hydrogen-bond donors (Lipinski definition) is 0. The Kier molecular flexibility index (Phi) is 2.94. The zero-order valence-electron chi connectivity index (χ0n) is 11.2. The Balaban J connectivity index is 1.90. The van der Waals surface area contributed by atoms with Gasteiger partial charge in [0, 0.05) is 24.9 Å². The molecule has 2 heterocycles. The van der Waals surface area contributed by atoms with Gasteiger partial charge in [0.2, 0.25) is 0 Å². The maximum absolute atomic E-state index is 4.63. The van der Waals surface area contributed by atoms with Crippen LogP contribution < -0.4 is 0 Å². The van der Waals surface area contributed by atoms with E-state index in [2.05, 4.69) is 53.9 Å². The highest BCUT2D eigenvalue weighted by molar-refractivity contribution is 5.29. The van der Waals surface area contributed by atoms with Gasteiger partial charge in [0.1, 0.15) is 5.82 Å². The number of aromatic nitrogens is 2. The topological polar surface area (TPSA) is 17.8 Å². The Labute approximate surface area is 109 Å². The van der Waals surface area contributed by atoms with Crippen molar-refractivity contribution in [3.05, 3.63) is 53.1 Å². The van der Waals surface area contributed by atoms with E-state index in [0.29, 0.717) is 0 Å². The van der Waals surface area contributed by atoms with E-state index in [0.717, 1.165) is 18.9 Å². The fourth-order valence-electron chi connectivity index (χ4n) is 2.79. The number of benzene rings is 1. The third-order valence-electron chi connectivity index (χ3n) is 4.02. The molecule has 1 aromatic carbocycles. The van der Waals surface area contributed by atoms with Crippen molar-refractivity contribution in [3.63, 3.8) is 0 Å². The van der Waals surface area contributed by atoms with Crippen molar-refractivity contribution < 1.29 is 0 Å². The van der Waals surface area contributed by atoms with Crippen LogP contribution in [-0.4, -0.2) is 9.55 Å². The van der Waals surface area contributed by atoms with Crippen LogP contribution in [0.1, 0.15) is 36.0 Å². The average molecular weight is 240 g/mol. The van der Waals surface area contributed by atoms with Crippen LogP contribution >= 0.6 is 0 Å². The van der Waals surface area contributed by atoms with E-state index in [-0.39, 0.29) is 0 Å². The van der Waals surface area contributed by atoms with Crippen LogP contribution in [0.5, 0.6) is 0 Å². The lowest BCUT2D eigenvalue weighted by Gasteiger charge is -2.22. The van der Waals surface area contributed by atoms with E-state index in [9.17, 15) is 0 Å². The van der Waals surface area contributed by atoms with Crippen molar-refractivity contribution >= 4 is 0 Å². The highest BCUT2D eigenvalue weighted by Gasteiger charge is 2.18. The molecule has 3 rings (SSSR count). The van der Waals surface area contributed by atoms with Gasteiger partial charge in [-0.2, -0.15) is 0 Å². The first-order valence-corrected chi connectivity index (χ1v) is 6.82. The van der Waals surface area contributed by atoms with Crippen molar-refractivity contribution in [1.29, 1.82) is 0 Å². The minimum absolute atomic E-state index is 0.780. The number of fused-ring (bicyclic) bond motifs is 1. The minimum Gasteiger partial charge on any atom is -0.332 e. The molecule has 0 radical (unpaired) electrons. The second-order valence-corrected chi connectivity index (χ2v) is 5.52. The van der Waals surface area contributed by atoms with Crippen molar-refractivity contribution in [3.8, 4) is 0 Å². The molecule has 0 saturated heterocycles. The van der Waals surface area contributed by atoms with E-state index in [1.807, 2.05) is 0 Å². The van der Waals surface area contributed by atoms with Gasteiger partial charge in [-0.1, -0.05) is 31.2 Å². The van der Waals surface area contributed by atoms with Gasteiger partial charge < -0.3 is 4.57 Å². The summed E-state index contributed by atoms with van der Waals surface area (Å²) in [7, 11) is 0. The van der Waals surface area contributed by atoms with E-state index in [1.54, 1.807) is 0 Å². The molecule has 0 spiro atoms. The van der Waals surface area contributed by atoms with Crippen LogP contribution in [0, 0.1) is 12.8 Å². The van der Waals surface area contributed by atoms with Crippen LogP contribution in [0.2, 0.25) is 0 Å². The summed E-state index contributed by atoms with van der Waals surface area (Å²) in [5, 5.41) is 0. The van der Waals surface area contributed by atoms with Crippen LogP contribution in [0.4, 0.5) is 0 Å². The predicted octanol–water partition coefficient (Wildman–Crippen LogP) is 3.36. The first-order valence-electron chi connectivity index (χ1n) is 6.82. The standard InChI is InChI=1S/C16H20N2/c1-12-7-8-15-10-17-16(18(15)11-12)9-14-6-4-3-5-13(14)2/h3-6,10,12H,7-9,11H2,1-2H3. The number of nitrogens with zero attached hydrogens (tertiary/aromatic N) is 2. The molecular formula is C16H20N2. The molecule has 0 bridgehead atoms. The molecule has 0 aliphatic carbocycles. The van der Waals surface area contributed by atoms with E-state index in [4.69, 9.17) is 0 Å². The van der Waals surface area contributed by atoms with Gasteiger partial charge in [-0.15, -0.1) is 0 Å². The van der Waals surface area contributed by atoms with E-state index >= 15 is 0 Å². The molecule has 0 fully saturated rings. The molecule has 2 aromatic rings. The van der Waals surface area contributed by atoms with Gasteiger partial charge in [-0.3, -0.25) is 0 Å². The lowest BCUT2D eigenvalue weighted by atomic mass is 10.00. The number of aryl methyl sites for hydroxylation is 2. The SMILES string of the molecule is Cc1ccccc1Cc1ncc2n1CC(C)CC2. The number of hydrogen-bond acceptors (Lipinski definition) is 1. The summed E-state index contributed by atoms with van der Waals surface area (Å²) in [5.41, 5.74) is 4.17. The maximum Gasteiger partial charge on any atom is 0.113 e. The van der Waals surface area contributed by atoms with Gasteiger partial charge in [-0.25, -0.2) is 4.98 Å². The summed E-state index contributed by atoms with van der Waals surface area (Å²) < 4.78 is 2.43. The van der Waals surface area contributed by atoms with Gasteiger partial charge in [0.15, 0.2) is 0 Å². The molecule has 2 heteroatoms. The molecular weight excluding hydrogens is 220 g/mol. The van der Waals surface area contributed by atoms with Gasteiger partial charge in [-0.05, 0) is 36.8 Å². The molecule has 1 unspecified atom stereocenters. The summed E-state index contributed by atoms with van der Waals surface area (Å²) in [6, 6.07) is 8.61. The summed E-state index contributed by atoms with van der Waals surface area (Å²) in [6.07, 6.45) is 5.51. The van der Waals surface area contributed by atoms with Crippen molar-refractivity contribution in [2.45, 2.75) is 39.7 Å². The quantitative estimate of drug-likeness (QED) is 0.787. The molecule has 1 aliphatic heterocycles. The number of rotatable bonds is 2. The first kappa shape index (κ1) is 11.5. The fourth-order valence-corrected chi connectivity index (χ4v) is 2.79. The van der Waals surface area contributed by atoms with Crippen molar-refractivity contribution in [2.75, 3.05) is 0 Å². The Hall–Kier alpha value is -1.57. The lowest BCUT2D eigenvalue weighted by Crippen LogP contribution is -2.19. The van der Waals surface area contributed by atoms with Gasteiger partial charge >= 0.3 is 0 Å². The predicted molar refractivity (Wildman–Crippen MR) is 73.7 cm³/mol. The molecule has 1 atom stereocenters. The fraction of sp³-hybridized carbons (Fsp3) is 0.438. The highest BCUT2D eigenvalue weighted by atomic mass is 15.1. The molecule has 94 valence electrons. The summed E-state index contributed by atoms with van der Waals surface area (Å²) in [4.78, 5) is 4.63. The molecule has 0 saturated carbocycles. The van der Waals surface area contributed by atoms with Crippen LogP contribution in [-0.2, 0) is 19.4 Å². The molecule has 0 N–H and O–H groups in total. The third-order valence-corrected chi connectivity index (χ3v) is 4.02. The zero-order chi connectivity index (χ0) is 12.5.